The van der Waals surface area contributed by atoms with Crippen molar-refractivity contribution < 1.29 is 23.5 Å². The Balaban J connectivity index is 1.47. The van der Waals surface area contributed by atoms with Crippen molar-refractivity contribution in [3.8, 4) is 11.3 Å². The van der Waals surface area contributed by atoms with Crippen LogP contribution in [-0.2, 0) is 14.3 Å². The van der Waals surface area contributed by atoms with Crippen molar-refractivity contribution in [2.75, 3.05) is 13.2 Å². The van der Waals surface area contributed by atoms with Gasteiger partial charge in [-0.1, -0.05) is 65.4 Å². The van der Waals surface area contributed by atoms with Gasteiger partial charge in [0.15, 0.2) is 4.80 Å². The fourth-order valence-electron chi connectivity index (χ4n) is 5.33. The third kappa shape index (κ3) is 5.29. The molecule has 6 rings (SSSR count). The normalized spacial score (nSPS) is 14.8. The highest BCUT2D eigenvalue weighted by Gasteiger charge is 2.34. The molecule has 222 valence electrons. The first-order valence-electron chi connectivity index (χ1n) is 14.0. The topological polar surface area (TPSA) is 100 Å². The van der Waals surface area contributed by atoms with Gasteiger partial charge >= 0.3 is 11.9 Å². The SMILES string of the molecule is CCOC(=O)C1=C(C)N=c2s/c(=C/c3ccc(-c4ccc(Cl)c(C(=O)OCC)c4)o3)c(=O)n2[C@@H]1c1cccc2ccccc12. The van der Waals surface area contributed by atoms with Crippen LogP contribution in [0.25, 0.3) is 28.2 Å². The molecule has 0 aliphatic carbocycles. The van der Waals surface area contributed by atoms with Gasteiger partial charge in [-0.2, -0.15) is 0 Å². The van der Waals surface area contributed by atoms with Crippen molar-refractivity contribution in [2.45, 2.75) is 26.8 Å². The van der Waals surface area contributed by atoms with Gasteiger partial charge in [-0.15, -0.1) is 0 Å². The zero-order valence-corrected chi connectivity index (χ0v) is 25.7. The predicted octanol–water partition coefficient (Wildman–Crippen LogP) is 6.04. The number of fused-ring (bicyclic) bond motifs is 2. The molecular formula is C34H27ClN2O6S. The number of thiazole rings is 1. The second-order valence-electron chi connectivity index (χ2n) is 9.99. The van der Waals surface area contributed by atoms with E-state index in [1.165, 1.54) is 11.3 Å². The predicted molar refractivity (Wildman–Crippen MR) is 169 cm³/mol. The van der Waals surface area contributed by atoms with Gasteiger partial charge in [0.05, 0.1) is 45.6 Å². The van der Waals surface area contributed by atoms with Gasteiger partial charge in [0.25, 0.3) is 5.56 Å². The number of benzene rings is 3. The van der Waals surface area contributed by atoms with Crippen molar-refractivity contribution in [2.24, 2.45) is 4.99 Å². The molecule has 5 aromatic rings. The molecule has 10 heteroatoms. The summed E-state index contributed by atoms with van der Waals surface area (Å²) < 4.78 is 18.6. The first-order valence-corrected chi connectivity index (χ1v) is 15.2. The van der Waals surface area contributed by atoms with E-state index in [1.54, 1.807) is 61.7 Å². The van der Waals surface area contributed by atoms with Crippen LogP contribution in [0.15, 0.2) is 98.3 Å². The Bertz CT molecular complexity index is 2150. The van der Waals surface area contributed by atoms with Crippen LogP contribution in [0, 0.1) is 0 Å². The van der Waals surface area contributed by atoms with Crippen LogP contribution in [0.1, 0.15) is 48.5 Å². The molecule has 0 spiro atoms. The standard InChI is InChI=1S/C34H27ClN2O6S/c1-4-41-32(39)25-17-21(13-15-26(25)35)27-16-14-22(43-27)18-28-31(38)37-30(24-12-8-10-20-9-6-7-11-23(20)24)29(33(40)42-5-2)19(3)36-34(37)44-28/h6-18,30H,4-5H2,1-3H3/b28-18+/t30-/m1/s1. The molecule has 1 aliphatic rings. The van der Waals surface area contributed by atoms with E-state index in [9.17, 15) is 14.4 Å². The molecule has 0 unspecified atom stereocenters. The molecule has 0 radical (unpaired) electrons. The Morgan fingerprint density at radius 3 is 2.55 bits per heavy atom. The van der Waals surface area contributed by atoms with Crippen LogP contribution in [0.3, 0.4) is 0 Å². The number of esters is 2. The van der Waals surface area contributed by atoms with Crippen molar-refractivity contribution >= 4 is 51.7 Å². The molecule has 8 nitrogen and oxygen atoms in total. The lowest BCUT2D eigenvalue weighted by atomic mass is 9.91. The summed E-state index contributed by atoms with van der Waals surface area (Å²) in [4.78, 5) is 44.8. The smallest absolute Gasteiger partial charge is 0.339 e. The van der Waals surface area contributed by atoms with E-state index in [0.717, 1.165) is 16.3 Å². The molecule has 0 saturated carbocycles. The quantitative estimate of drug-likeness (QED) is 0.204. The summed E-state index contributed by atoms with van der Waals surface area (Å²) in [5.41, 5.74) is 2.17. The number of carbonyl (C=O) groups excluding carboxylic acids is 2. The maximum Gasteiger partial charge on any atom is 0.339 e. The Morgan fingerprint density at radius 2 is 1.75 bits per heavy atom. The summed E-state index contributed by atoms with van der Waals surface area (Å²) in [5.74, 6) is -0.117. The third-order valence-corrected chi connectivity index (χ3v) is 8.59. The Labute approximate surface area is 261 Å². The highest BCUT2D eigenvalue weighted by Crippen LogP contribution is 2.35. The minimum Gasteiger partial charge on any atom is -0.463 e. The number of aromatic nitrogens is 1. The second-order valence-corrected chi connectivity index (χ2v) is 11.4. The number of furan rings is 1. The van der Waals surface area contributed by atoms with Crippen molar-refractivity contribution in [1.29, 1.82) is 0 Å². The molecule has 1 atom stereocenters. The summed E-state index contributed by atoms with van der Waals surface area (Å²) in [6, 6.07) is 21.4. The average Bonchev–Trinajstić information content (AvgIpc) is 3.60. The summed E-state index contributed by atoms with van der Waals surface area (Å²) in [6.45, 7) is 5.65. The molecule has 2 aromatic heterocycles. The van der Waals surface area contributed by atoms with E-state index in [1.807, 2.05) is 42.5 Å². The van der Waals surface area contributed by atoms with E-state index in [4.69, 9.17) is 25.5 Å². The number of halogens is 1. The second kappa shape index (κ2) is 12.1. The molecule has 3 heterocycles. The van der Waals surface area contributed by atoms with Gasteiger partial charge in [0.2, 0.25) is 0 Å². The average molecular weight is 627 g/mol. The highest BCUT2D eigenvalue weighted by atomic mass is 35.5. The molecule has 0 fully saturated rings. The molecule has 1 aliphatic heterocycles. The Morgan fingerprint density at radius 1 is 1.00 bits per heavy atom. The lowest BCUT2D eigenvalue weighted by Gasteiger charge is -2.25. The summed E-state index contributed by atoms with van der Waals surface area (Å²) in [5, 5.41) is 2.19. The number of rotatable bonds is 7. The molecular weight excluding hydrogens is 600 g/mol. The minimum absolute atomic E-state index is 0.192. The van der Waals surface area contributed by atoms with Crippen molar-refractivity contribution in [3.63, 3.8) is 0 Å². The summed E-state index contributed by atoms with van der Waals surface area (Å²) in [6.07, 6.45) is 1.65. The first kappa shape index (κ1) is 29.3. The maximum atomic E-state index is 14.1. The van der Waals surface area contributed by atoms with Crippen LogP contribution in [0.2, 0.25) is 5.02 Å². The minimum atomic E-state index is -0.735. The fourth-order valence-corrected chi connectivity index (χ4v) is 6.55. The number of allylic oxidation sites excluding steroid dienone is 1. The Kier molecular flexibility index (Phi) is 8.07. The maximum absolute atomic E-state index is 14.1. The summed E-state index contributed by atoms with van der Waals surface area (Å²) >= 11 is 7.44. The number of ether oxygens (including phenoxy) is 2. The molecule has 0 bridgehead atoms. The molecule has 3 aromatic carbocycles. The lowest BCUT2D eigenvalue weighted by molar-refractivity contribution is -0.139. The fraction of sp³-hybridized carbons (Fsp3) is 0.176. The van der Waals surface area contributed by atoms with Crippen LogP contribution < -0.4 is 14.9 Å². The third-order valence-electron chi connectivity index (χ3n) is 7.28. The van der Waals surface area contributed by atoms with Gasteiger partial charge in [0, 0.05) is 11.6 Å². The number of hydrogen-bond acceptors (Lipinski definition) is 8. The molecule has 0 saturated heterocycles. The monoisotopic (exact) mass is 626 g/mol. The zero-order valence-electron chi connectivity index (χ0n) is 24.1. The summed E-state index contributed by atoms with van der Waals surface area (Å²) in [7, 11) is 0. The van der Waals surface area contributed by atoms with Crippen molar-refractivity contribution in [3.05, 3.63) is 126 Å². The Hall–Kier alpha value is -4.73. The van der Waals surface area contributed by atoms with Crippen molar-refractivity contribution in [1.82, 2.24) is 4.57 Å². The van der Waals surface area contributed by atoms with E-state index in [2.05, 4.69) is 4.99 Å². The molecule has 0 amide bonds. The van der Waals surface area contributed by atoms with Gasteiger partial charge in [-0.25, -0.2) is 14.6 Å². The van der Waals surface area contributed by atoms with Crippen LogP contribution in [0.5, 0.6) is 0 Å². The molecule has 44 heavy (non-hydrogen) atoms. The van der Waals surface area contributed by atoms with Crippen LogP contribution in [0.4, 0.5) is 0 Å². The van der Waals surface area contributed by atoms with E-state index in [0.29, 0.717) is 37.7 Å². The van der Waals surface area contributed by atoms with Crippen LogP contribution in [-0.4, -0.2) is 29.7 Å². The molecule has 0 N–H and O–H groups in total. The van der Waals surface area contributed by atoms with E-state index >= 15 is 0 Å². The number of carbonyl (C=O) groups is 2. The van der Waals surface area contributed by atoms with E-state index < -0.39 is 18.0 Å². The largest absolute Gasteiger partial charge is 0.463 e. The van der Waals surface area contributed by atoms with Gasteiger partial charge in [-0.3, -0.25) is 9.36 Å². The van der Waals surface area contributed by atoms with Gasteiger partial charge in [0.1, 0.15) is 11.5 Å². The number of hydrogen-bond donors (Lipinski definition) is 0. The first-order chi connectivity index (χ1) is 21.3. The van der Waals surface area contributed by atoms with Gasteiger partial charge < -0.3 is 13.9 Å². The van der Waals surface area contributed by atoms with E-state index in [-0.39, 0.29) is 29.4 Å². The highest BCUT2D eigenvalue weighted by molar-refractivity contribution is 7.07. The van der Waals surface area contributed by atoms with Gasteiger partial charge in [-0.05, 0) is 67.4 Å². The zero-order chi connectivity index (χ0) is 31.0. The lowest BCUT2D eigenvalue weighted by Crippen LogP contribution is -2.40. The van der Waals surface area contributed by atoms with Crippen LogP contribution >= 0.6 is 22.9 Å². The number of nitrogens with zero attached hydrogens (tertiary/aromatic N) is 2.